The van der Waals surface area contributed by atoms with E-state index in [2.05, 4.69) is 21.3 Å². The van der Waals surface area contributed by atoms with Crippen LogP contribution in [0.2, 0.25) is 0 Å². The molecule has 0 fully saturated rings. The summed E-state index contributed by atoms with van der Waals surface area (Å²) >= 11 is 1.35. The van der Waals surface area contributed by atoms with Crippen molar-refractivity contribution in [2.75, 3.05) is 31.8 Å². The van der Waals surface area contributed by atoms with Crippen LogP contribution in [0.5, 0.6) is 0 Å². The molecular formula is C20H38BN5O6S. The Morgan fingerprint density at radius 3 is 2.09 bits per heavy atom. The Morgan fingerprint density at radius 1 is 0.939 bits per heavy atom. The molecule has 0 saturated heterocycles. The van der Waals surface area contributed by atoms with Crippen LogP contribution in [-0.4, -0.2) is 93.6 Å². The van der Waals surface area contributed by atoms with Gasteiger partial charge in [0.1, 0.15) is 19.9 Å². The van der Waals surface area contributed by atoms with Crippen molar-refractivity contribution in [1.29, 1.82) is 0 Å². The molecule has 0 aliphatic heterocycles. The minimum Gasteiger partial charge on any atom is -0.385 e. The van der Waals surface area contributed by atoms with Crippen LogP contribution in [0.1, 0.15) is 40.5 Å². The molecular weight excluding hydrogens is 449 g/mol. The van der Waals surface area contributed by atoms with E-state index in [0.29, 0.717) is 19.4 Å². The Hall–Kier alpha value is -1.83. The van der Waals surface area contributed by atoms with Gasteiger partial charge >= 0.3 is 0 Å². The fraction of sp³-hybridized carbons (Fsp3) is 0.800. The molecule has 0 spiro atoms. The number of hydrogen-bond donors (Lipinski definition) is 5. The van der Waals surface area contributed by atoms with Crippen LogP contribution in [0, 0.1) is 0 Å². The summed E-state index contributed by atoms with van der Waals surface area (Å²) in [7, 11) is 5.49. The van der Waals surface area contributed by atoms with E-state index < -0.39 is 48.1 Å². The van der Waals surface area contributed by atoms with Crippen molar-refractivity contribution < 1.29 is 28.7 Å². The van der Waals surface area contributed by atoms with Crippen LogP contribution in [0.25, 0.3) is 0 Å². The number of ether oxygens (including phenoxy) is 2. The van der Waals surface area contributed by atoms with E-state index >= 15 is 0 Å². The first-order valence-corrected chi connectivity index (χ1v) is 12.4. The maximum atomic E-state index is 13.2. The van der Waals surface area contributed by atoms with Crippen molar-refractivity contribution in [1.82, 2.24) is 21.3 Å². The zero-order chi connectivity index (χ0) is 25.4. The molecule has 13 heteroatoms. The lowest BCUT2D eigenvalue weighted by molar-refractivity contribution is -0.138. The first kappa shape index (κ1) is 31.2. The molecule has 0 aromatic heterocycles. The zero-order valence-corrected chi connectivity index (χ0v) is 21.0. The third-order valence-corrected chi connectivity index (χ3v) is 5.29. The number of rotatable bonds is 17. The summed E-state index contributed by atoms with van der Waals surface area (Å²) in [6.45, 7) is 6.95. The van der Waals surface area contributed by atoms with E-state index in [1.807, 2.05) is 0 Å². The molecule has 0 saturated carbocycles. The molecule has 0 aliphatic carbocycles. The van der Waals surface area contributed by atoms with Crippen molar-refractivity contribution in [2.45, 2.75) is 70.9 Å². The minimum atomic E-state index is -1.13. The first-order valence-electron chi connectivity index (χ1n) is 11.0. The molecule has 11 nitrogen and oxygen atoms in total. The number of hydrogen-bond acceptors (Lipinski definition) is 8. The van der Waals surface area contributed by atoms with Crippen molar-refractivity contribution in [3.63, 3.8) is 0 Å². The van der Waals surface area contributed by atoms with E-state index in [1.54, 1.807) is 34.0 Å². The number of amides is 4. The number of carbonyl (C=O) groups is 4. The van der Waals surface area contributed by atoms with Crippen LogP contribution < -0.4 is 27.0 Å². The Labute approximate surface area is 201 Å². The summed E-state index contributed by atoms with van der Waals surface area (Å²) in [6, 6.07) is -3.03. The van der Waals surface area contributed by atoms with E-state index in [-0.39, 0.29) is 24.8 Å². The maximum Gasteiger partial charge on any atom is 0.246 e. The van der Waals surface area contributed by atoms with Gasteiger partial charge in [0.05, 0.1) is 30.7 Å². The number of thioether (sulfide) groups is 1. The molecule has 2 radical (unpaired) electrons. The molecule has 33 heavy (non-hydrogen) atoms. The molecule has 4 amide bonds. The highest BCUT2D eigenvalue weighted by molar-refractivity contribution is 7.99. The lowest BCUT2D eigenvalue weighted by Crippen LogP contribution is -2.62. The van der Waals surface area contributed by atoms with Gasteiger partial charge in [-0.15, -0.1) is 0 Å². The average Bonchev–Trinajstić information content (AvgIpc) is 2.78. The monoisotopic (exact) mass is 487 g/mol. The standard InChI is InChI=1S/C20H38BN5O6S/c1-6-13(22)18(28)26-17(14(7-2)32-10-21)20(30)25-16(12(4)31-8-3)19(29)24-11-23-15(27)9-33-5/h12-14,16-17H,6-11,22H2,1-5H3,(H,23,27)(H,24,29)(H,25,30)(H,26,28). The normalized spacial score (nSPS) is 15.5. The topological polar surface area (TPSA) is 161 Å². The summed E-state index contributed by atoms with van der Waals surface area (Å²) in [6.07, 6.45) is 1.11. The number of nitrogens with one attached hydrogen (secondary N) is 4. The van der Waals surface area contributed by atoms with Crippen molar-refractivity contribution in [3.05, 3.63) is 0 Å². The van der Waals surface area contributed by atoms with E-state index in [0.717, 1.165) is 0 Å². The molecule has 188 valence electrons. The average molecular weight is 487 g/mol. The first-order chi connectivity index (χ1) is 15.7. The van der Waals surface area contributed by atoms with Crippen LogP contribution in [-0.2, 0) is 28.7 Å². The van der Waals surface area contributed by atoms with Crippen LogP contribution in [0.15, 0.2) is 0 Å². The molecule has 0 bridgehead atoms. The van der Waals surface area contributed by atoms with Gasteiger partial charge in [0, 0.05) is 13.1 Å². The summed E-state index contributed by atoms with van der Waals surface area (Å²) in [5, 5.41) is 10.3. The maximum absolute atomic E-state index is 13.2. The second kappa shape index (κ2) is 17.6. The fourth-order valence-corrected chi connectivity index (χ4v) is 3.23. The van der Waals surface area contributed by atoms with Gasteiger partial charge < -0.3 is 36.5 Å². The molecule has 0 aliphatic rings. The highest BCUT2D eigenvalue weighted by atomic mass is 32.2. The predicted molar refractivity (Wildman–Crippen MR) is 129 cm³/mol. The van der Waals surface area contributed by atoms with Gasteiger partial charge in [-0.2, -0.15) is 11.8 Å². The van der Waals surface area contributed by atoms with Gasteiger partial charge in [0.25, 0.3) is 0 Å². The smallest absolute Gasteiger partial charge is 0.246 e. The predicted octanol–water partition coefficient (Wildman–Crippen LogP) is -1.41. The second-order valence-electron chi connectivity index (χ2n) is 7.18. The fourth-order valence-electron chi connectivity index (χ4n) is 2.87. The van der Waals surface area contributed by atoms with E-state index in [9.17, 15) is 19.2 Å². The Balaban J connectivity index is 5.52. The molecule has 0 heterocycles. The largest absolute Gasteiger partial charge is 0.385 e. The lowest BCUT2D eigenvalue weighted by atomic mass is 10.0. The summed E-state index contributed by atoms with van der Waals surface area (Å²) < 4.78 is 11.0. The number of nitrogens with two attached hydrogens (primary N) is 1. The SMILES string of the molecule is [B]COC(CC)C(NC(=O)C(N)CC)C(=O)NC(C(=O)NCNC(=O)CSC)C(C)OCC. The van der Waals surface area contributed by atoms with Gasteiger partial charge in [0.15, 0.2) is 0 Å². The van der Waals surface area contributed by atoms with Crippen LogP contribution >= 0.6 is 11.8 Å². The summed E-state index contributed by atoms with van der Waals surface area (Å²) in [4.78, 5) is 49.9. The minimum absolute atomic E-state index is 0.108. The molecule has 6 N–H and O–H groups in total. The van der Waals surface area contributed by atoms with Gasteiger partial charge in [-0.1, -0.05) is 13.8 Å². The molecule has 0 aromatic carbocycles. The third-order valence-electron chi connectivity index (χ3n) is 4.74. The molecule has 5 unspecified atom stereocenters. The van der Waals surface area contributed by atoms with Gasteiger partial charge in [-0.3, -0.25) is 19.2 Å². The third kappa shape index (κ3) is 11.7. The highest BCUT2D eigenvalue weighted by Gasteiger charge is 2.35. The zero-order valence-electron chi connectivity index (χ0n) is 20.1. The van der Waals surface area contributed by atoms with Gasteiger partial charge in [-0.25, -0.2) is 0 Å². The Bertz CT molecular complexity index is 630. The highest BCUT2D eigenvalue weighted by Crippen LogP contribution is 2.08. The van der Waals surface area contributed by atoms with Crippen LogP contribution in [0.4, 0.5) is 0 Å². The van der Waals surface area contributed by atoms with Crippen molar-refractivity contribution >= 4 is 43.2 Å². The van der Waals surface area contributed by atoms with Gasteiger partial charge in [0.2, 0.25) is 23.6 Å². The van der Waals surface area contributed by atoms with Crippen molar-refractivity contribution in [3.8, 4) is 0 Å². The second-order valence-corrected chi connectivity index (χ2v) is 8.04. The molecule has 5 atom stereocenters. The van der Waals surface area contributed by atoms with Gasteiger partial charge in [-0.05, 0) is 32.9 Å². The molecule has 0 rings (SSSR count). The Morgan fingerprint density at radius 2 is 1.58 bits per heavy atom. The lowest BCUT2D eigenvalue weighted by Gasteiger charge is -2.30. The summed E-state index contributed by atoms with van der Waals surface area (Å²) in [5.41, 5.74) is 5.79. The Kier molecular flexibility index (Phi) is 16.6. The molecule has 0 aromatic rings. The quantitative estimate of drug-likeness (QED) is 0.124. The van der Waals surface area contributed by atoms with E-state index in [1.165, 1.54) is 11.8 Å². The summed E-state index contributed by atoms with van der Waals surface area (Å²) in [5.74, 6) is -1.71. The van der Waals surface area contributed by atoms with E-state index in [4.69, 9.17) is 23.1 Å². The van der Waals surface area contributed by atoms with Crippen molar-refractivity contribution in [2.24, 2.45) is 5.73 Å². The number of carbonyl (C=O) groups excluding carboxylic acids is 4. The van der Waals surface area contributed by atoms with Crippen LogP contribution in [0.3, 0.4) is 0 Å².